The first kappa shape index (κ1) is 12.2. The van der Waals surface area contributed by atoms with Gasteiger partial charge in [-0.25, -0.2) is 0 Å². The Morgan fingerprint density at radius 1 is 1.44 bits per heavy atom. The zero-order valence-electron chi connectivity index (χ0n) is 10.5. The summed E-state index contributed by atoms with van der Waals surface area (Å²) >= 11 is 1.65. The molecular weight excluding hydrogens is 246 g/mol. The highest BCUT2D eigenvalue weighted by molar-refractivity contribution is 7.10. The molecule has 2 aliphatic rings. The van der Waals surface area contributed by atoms with Gasteiger partial charge in [0.25, 0.3) is 0 Å². The Morgan fingerprint density at radius 2 is 2.28 bits per heavy atom. The third-order valence-corrected chi connectivity index (χ3v) is 5.29. The molecule has 1 aromatic heterocycles. The van der Waals surface area contributed by atoms with E-state index in [0.29, 0.717) is 17.9 Å². The fourth-order valence-corrected chi connectivity index (χ4v) is 3.82. The number of hydrogen-bond donors (Lipinski definition) is 1. The molecule has 1 saturated heterocycles. The first-order valence-corrected chi connectivity index (χ1v) is 7.56. The van der Waals surface area contributed by atoms with Crippen LogP contribution in [0.4, 0.5) is 0 Å². The molecule has 1 saturated carbocycles. The maximum absolute atomic E-state index is 12.0. The topological polar surface area (TPSA) is 38.3 Å². The van der Waals surface area contributed by atoms with E-state index in [2.05, 4.69) is 5.32 Å². The molecule has 18 heavy (non-hydrogen) atoms. The van der Waals surface area contributed by atoms with Gasteiger partial charge in [0.1, 0.15) is 0 Å². The van der Waals surface area contributed by atoms with Crippen molar-refractivity contribution in [2.75, 3.05) is 13.2 Å². The molecule has 1 aliphatic carbocycles. The molecule has 2 fully saturated rings. The van der Waals surface area contributed by atoms with Crippen LogP contribution in [0.3, 0.4) is 0 Å². The van der Waals surface area contributed by atoms with E-state index in [1.165, 1.54) is 6.42 Å². The molecule has 1 N–H and O–H groups in total. The second-order valence-corrected chi connectivity index (χ2v) is 6.42. The smallest absolute Gasteiger partial charge is 0.225 e. The highest BCUT2D eigenvalue weighted by Gasteiger charge is 2.47. The first-order valence-electron chi connectivity index (χ1n) is 6.68. The molecule has 2 heterocycles. The minimum Gasteiger partial charge on any atom is -0.381 e. The van der Waals surface area contributed by atoms with E-state index < -0.39 is 0 Å². The number of ether oxygens (including phenoxy) is 1. The fourth-order valence-electron chi connectivity index (χ4n) is 3.12. The zero-order valence-corrected chi connectivity index (χ0v) is 11.3. The largest absolute Gasteiger partial charge is 0.381 e. The molecule has 0 aromatic carbocycles. The monoisotopic (exact) mass is 265 g/mol. The second kappa shape index (κ2) is 5.02. The molecule has 3 rings (SSSR count). The number of thiophene rings is 1. The summed E-state index contributed by atoms with van der Waals surface area (Å²) in [6, 6.07) is 4.40. The first-order chi connectivity index (χ1) is 8.78. The Labute approximate surface area is 112 Å². The molecule has 3 nitrogen and oxygen atoms in total. The van der Waals surface area contributed by atoms with Gasteiger partial charge in [0, 0.05) is 24.1 Å². The fraction of sp³-hybridized carbons (Fsp3) is 0.643. The highest BCUT2D eigenvalue weighted by Crippen LogP contribution is 2.48. The van der Waals surface area contributed by atoms with Crippen LogP contribution in [-0.2, 0) is 16.0 Å². The van der Waals surface area contributed by atoms with E-state index >= 15 is 0 Å². The lowest BCUT2D eigenvalue weighted by Gasteiger charge is -2.52. The van der Waals surface area contributed by atoms with Gasteiger partial charge in [-0.15, -0.1) is 11.3 Å². The summed E-state index contributed by atoms with van der Waals surface area (Å²) in [6.45, 7) is 1.72. The molecule has 1 aromatic rings. The number of hydrogen-bond acceptors (Lipinski definition) is 3. The van der Waals surface area contributed by atoms with Crippen LogP contribution >= 0.6 is 11.3 Å². The molecule has 4 heteroatoms. The van der Waals surface area contributed by atoms with Gasteiger partial charge in [-0.1, -0.05) is 6.07 Å². The lowest BCUT2D eigenvalue weighted by atomic mass is 9.60. The minimum absolute atomic E-state index is 0.174. The summed E-state index contributed by atoms with van der Waals surface area (Å²) in [6.07, 6.45) is 5.13. The van der Waals surface area contributed by atoms with Crippen molar-refractivity contribution < 1.29 is 9.53 Å². The summed E-state index contributed by atoms with van der Waals surface area (Å²) < 4.78 is 5.43. The third-order valence-electron chi connectivity index (χ3n) is 4.41. The van der Waals surface area contributed by atoms with E-state index in [1.54, 1.807) is 11.3 Å². The predicted molar refractivity (Wildman–Crippen MR) is 71.7 cm³/mol. The lowest BCUT2D eigenvalue weighted by molar-refractivity contribution is -0.126. The molecule has 1 aliphatic heterocycles. The summed E-state index contributed by atoms with van der Waals surface area (Å²) in [5.41, 5.74) is 0.351. The van der Waals surface area contributed by atoms with Gasteiger partial charge in [-0.05, 0) is 42.5 Å². The van der Waals surface area contributed by atoms with Crippen LogP contribution < -0.4 is 5.32 Å². The van der Waals surface area contributed by atoms with Crippen molar-refractivity contribution in [2.24, 2.45) is 5.41 Å². The van der Waals surface area contributed by atoms with E-state index in [9.17, 15) is 4.79 Å². The Hall–Kier alpha value is -0.870. The van der Waals surface area contributed by atoms with Gasteiger partial charge < -0.3 is 10.1 Å². The Balaban J connectivity index is 1.55. The van der Waals surface area contributed by atoms with Gasteiger partial charge in [0.05, 0.1) is 6.42 Å². The Bertz CT molecular complexity index is 409. The van der Waals surface area contributed by atoms with Gasteiger partial charge in [-0.3, -0.25) is 4.79 Å². The highest BCUT2D eigenvalue weighted by atomic mass is 32.1. The second-order valence-electron chi connectivity index (χ2n) is 5.39. The Morgan fingerprint density at radius 3 is 2.89 bits per heavy atom. The van der Waals surface area contributed by atoms with Crippen LogP contribution in [0.15, 0.2) is 17.5 Å². The zero-order chi connectivity index (χ0) is 12.4. The van der Waals surface area contributed by atoms with Crippen LogP contribution in [0.1, 0.15) is 30.6 Å². The van der Waals surface area contributed by atoms with Gasteiger partial charge in [0.15, 0.2) is 0 Å². The summed E-state index contributed by atoms with van der Waals surface area (Å²) in [7, 11) is 0. The molecule has 0 radical (unpaired) electrons. The standard InChI is InChI=1S/C14H19NO2S/c16-13(10-11-2-1-9-18-11)15-12-3-4-14(12)5-7-17-8-6-14/h1-2,9,12H,3-8,10H2,(H,15,16). The number of amides is 1. The third kappa shape index (κ3) is 2.31. The van der Waals surface area contributed by atoms with Gasteiger partial charge in [-0.2, -0.15) is 0 Å². The number of nitrogens with one attached hydrogen (secondary N) is 1. The Kier molecular flexibility index (Phi) is 3.39. The molecule has 1 unspecified atom stereocenters. The molecule has 1 atom stereocenters. The average Bonchev–Trinajstić information content (AvgIpc) is 2.88. The quantitative estimate of drug-likeness (QED) is 0.911. The van der Waals surface area contributed by atoms with E-state index in [4.69, 9.17) is 4.74 Å². The van der Waals surface area contributed by atoms with Crippen LogP contribution in [0.5, 0.6) is 0 Å². The van der Waals surface area contributed by atoms with Crippen LogP contribution in [-0.4, -0.2) is 25.2 Å². The van der Waals surface area contributed by atoms with Gasteiger partial charge in [0.2, 0.25) is 5.91 Å². The summed E-state index contributed by atoms with van der Waals surface area (Å²) in [5, 5.41) is 5.25. The van der Waals surface area contributed by atoms with E-state index in [1.807, 2.05) is 17.5 Å². The van der Waals surface area contributed by atoms with Crippen molar-refractivity contribution in [1.82, 2.24) is 5.32 Å². The summed E-state index contributed by atoms with van der Waals surface area (Å²) in [4.78, 5) is 13.2. The van der Waals surface area contributed by atoms with Crippen LogP contribution in [0.25, 0.3) is 0 Å². The number of carbonyl (C=O) groups is 1. The van der Waals surface area contributed by atoms with Crippen molar-refractivity contribution in [2.45, 2.75) is 38.1 Å². The van der Waals surface area contributed by atoms with Gasteiger partial charge >= 0.3 is 0 Å². The molecular formula is C14H19NO2S. The molecule has 1 amide bonds. The maximum atomic E-state index is 12.0. The normalized spacial score (nSPS) is 25.7. The number of carbonyl (C=O) groups excluding carboxylic acids is 1. The van der Waals surface area contributed by atoms with Crippen LogP contribution in [0.2, 0.25) is 0 Å². The van der Waals surface area contributed by atoms with Crippen molar-refractivity contribution in [3.63, 3.8) is 0 Å². The minimum atomic E-state index is 0.174. The molecule has 1 spiro atoms. The number of rotatable bonds is 3. The SMILES string of the molecule is O=C(Cc1cccs1)NC1CCC12CCOCC2. The average molecular weight is 265 g/mol. The van der Waals surface area contributed by atoms with Crippen molar-refractivity contribution in [1.29, 1.82) is 0 Å². The molecule has 98 valence electrons. The predicted octanol–water partition coefficient (Wildman–Crippen LogP) is 2.37. The summed E-state index contributed by atoms with van der Waals surface area (Å²) in [5.74, 6) is 0.174. The van der Waals surface area contributed by atoms with Crippen molar-refractivity contribution in [3.8, 4) is 0 Å². The van der Waals surface area contributed by atoms with Crippen molar-refractivity contribution in [3.05, 3.63) is 22.4 Å². The van der Waals surface area contributed by atoms with Crippen LogP contribution in [0, 0.1) is 5.41 Å². The molecule has 0 bridgehead atoms. The maximum Gasteiger partial charge on any atom is 0.225 e. The van der Waals surface area contributed by atoms with E-state index in [-0.39, 0.29) is 5.91 Å². The van der Waals surface area contributed by atoms with Crippen molar-refractivity contribution >= 4 is 17.2 Å². The lowest BCUT2D eigenvalue weighted by Crippen LogP contribution is -2.57. The van der Waals surface area contributed by atoms with E-state index in [0.717, 1.165) is 37.4 Å².